The van der Waals surface area contributed by atoms with Gasteiger partial charge in [-0.1, -0.05) is 29.3 Å². The predicted molar refractivity (Wildman–Crippen MR) is 63.7 cm³/mol. The first-order valence-corrected chi connectivity index (χ1v) is 5.04. The van der Waals surface area contributed by atoms with Crippen LogP contribution in [0.3, 0.4) is 0 Å². The number of halogens is 2. The van der Waals surface area contributed by atoms with E-state index in [1.165, 1.54) is 0 Å². The number of nitrogens with zero attached hydrogens (tertiary/aromatic N) is 2. The summed E-state index contributed by atoms with van der Waals surface area (Å²) in [5.41, 5.74) is 1.21. The molecule has 0 aromatic heterocycles. The van der Waals surface area contributed by atoms with Crippen LogP contribution in [-0.2, 0) is 0 Å². The van der Waals surface area contributed by atoms with Crippen molar-refractivity contribution in [1.29, 1.82) is 5.26 Å². The predicted octanol–water partition coefficient (Wildman–Crippen LogP) is 3.42. The Balaban J connectivity index is 3.21. The Morgan fingerprint density at radius 3 is 2.53 bits per heavy atom. The van der Waals surface area contributed by atoms with E-state index in [2.05, 4.69) is 6.07 Å². The summed E-state index contributed by atoms with van der Waals surface area (Å²) in [4.78, 5) is 1.80. The van der Waals surface area contributed by atoms with Gasteiger partial charge in [0.1, 0.15) is 6.07 Å². The van der Waals surface area contributed by atoms with E-state index in [4.69, 9.17) is 28.5 Å². The minimum Gasteiger partial charge on any atom is -0.382 e. The Kier molecular flexibility index (Phi) is 4.02. The van der Waals surface area contributed by atoms with Crippen LogP contribution in [0.25, 0.3) is 5.57 Å². The summed E-state index contributed by atoms with van der Waals surface area (Å²) in [5, 5.41) is 10.0. The van der Waals surface area contributed by atoms with E-state index in [0.717, 1.165) is 0 Å². The summed E-state index contributed by atoms with van der Waals surface area (Å²) in [6, 6.07) is 7.18. The fourth-order valence-corrected chi connectivity index (χ4v) is 1.64. The number of nitriles is 1. The lowest BCUT2D eigenvalue weighted by Gasteiger charge is -2.08. The van der Waals surface area contributed by atoms with E-state index in [0.29, 0.717) is 21.2 Å². The summed E-state index contributed by atoms with van der Waals surface area (Å²) in [7, 11) is 3.70. The third-order valence-corrected chi connectivity index (χ3v) is 2.28. The molecule has 0 amide bonds. The van der Waals surface area contributed by atoms with Gasteiger partial charge in [-0.3, -0.25) is 0 Å². The highest BCUT2D eigenvalue weighted by atomic mass is 35.5. The normalized spacial score (nSPS) is 11.0. The average molecular weight is 241 g/mol. The molecule has 15 heavy (non-hydrogen) atoms. The Bertz CT molecular complexity index is 431. The lowest BCUT2D eigenvalue weighted by Crippen LogP contribution is -2.02. The van der Waals surface area contributed by atoms with E-state index in [1.54, 1.807) is 29.3 Å². The van der Waals surface area contributed by atoms with Gasteiger partial charge in [0.15, 0.2) is 0 Å². The van der Waals surface area contributed by atoms with Gasteiger partial charge in [-0.15, -0.1) is 0 Å². The molecule has 4 heteroatoms. The largest absolute Gasteiger partial charge is 0.382 e. The zero-order valence-electron chi connectivity index (χ0n) is 8.46. The lowest BCUT2D eigenvalue weighted by atomic mass is 10.1. The number of rotatable bonds is 2. The SMILES string of the molecule is CN(C)C=C(C#N)c1ccc(Cl)cc1Cl. The highest BCUT2D eigenvalue weighted by molar-refractivity contribution is 6.35. The fraction of sp³-hybridized carbons (Fsp3) is 0.182. The monoisotopic (exact) mass is 240 g/mol. The van der Waals surface area contributed by atoms with Crippen LogP contribution in [0.4, 0.5) is 0 Å². The maximum absolute atomic E-state index is 8.99. The molecule has 1 rings (SSSR count). The third kappa shape index (κ3) is 3.16. The van der Waals surface area contributed by atoms with Gasteiger partial charge >= 0.3 is 0 Å². The van der Waals surface area contributed by atoms with Crippen molar-refractivity contribution < 1.29 is 0 Å². The molecule has 1 aromatic rings. The molecule has 0 aliphatic rings. The van der Waals surface area contributed by atoms with Gasteiger partial charge in [-0.2, -0.15) is 5.26 Å². The molecular formula is C11H10Cl2N2. The molecule has 2 nitrogen and oxygen atoms in total. The second-order valence-electron chi connectivity index (χ2n) is 3.24. The van der Waals surface area contributed by atoms with Crippen LogP contribution >= 0.6 is 23.2 Å². The number of hydrogen-bond donors (Lipinski definition) is 0. The fourth-order valence-electron chi connectivity index (χ4n) is 1.12. The number of benzene rings is 1. The molecule has 1 aromatic carbocycles. The van der Waals surface area contributed by atoms with E-state index < -0.39 is 0 Å². The first kappa shape index (κ1) is 11.9. The first-order valence-electron chi connectivity index (χ1n) is 4.28. The van der Waals surface area contributed by atoms with Gasteiger partial charge in [0.25, 0.3) is 0 Å². The van der Waals surface area contributed by atoms with E-state index in [-0.39, 0.29) is 0 Å². The topological polar surface area (TPSA) is 27.0 Å². The molecule has 78 valence electrons. The second kappa shape index (κ2) is 5.06. The van der Waals surface area contributed by atoms with Gasteiger partial charge in [0.2, 0.25) is 0 Å². The zero-order valence-corrected chi connectivity index (χ0v) is 9.97. The maximum Gasteiger partial charge on any atom is 0.101 e. The first-order chi connectivity index (χ1) is 7.04. The van der Waals surface area contributed by atoms with Gasteiger partial charge in [-0.05, 0) is 12.1 Å². The Morgan fingerprint density at radius 2 is 2.07 bits per heavy atom. The van der Waals surface area contributed by atoms with Crippen molar-refractivity contribution in [2.45, 2.75) is 0 Å². The lowest BCUT2D eigenvalue weighted by molar-refractivity contribution is 0.566. The molecule has 0 atom stereocenters. The summed E-state index contributed by atoms with van der Waals surface area (Å²) in [6.07, 6.45) is 1.72. The van der Waals surface area contributed by atoms with Crippen LogP contribution in [-0.4, -0.2) is 19.0 Å². The van der Waals surface area contributed by atoms with Crippen molar-refractivity contribution in [3.05, 3.63) is 40.0 Å². The zero-order chi connectivity index (χ0) is 11.4. The number of hydrogen-bond acceptors (Lipinski definition) is 2. The minimum atomic E-state index is 0.483. The van der Waals surface area contributed by atoms with Gasteiger partial charge in [0, 0.05) is 30.9 Å². The van der Waals surface area contributed by atoms with Gasteiger partial charge in [0.05, 0.1) is 10.6 Å². The van der Waals surface area contributed by atoms with Crippen molar-refractivity contribution >= 4 is 28.8 Å². The molecular weight excluding hydrogens is 231 g/mol. The molecule has 0 bridgehead atoms. The van der Waals surface area contributed by atoms with Crippen LogP contribution in [0.15, 0.2) is 24.4 Å². The van der Waals surface area contributed by atoms with Gasteiger partial charge in [-0.25, -0.2) is 0 Å². The Morgan fingerprint density at radius 1 is 1.40 bits per heavy atom. The molecule has 0 aliphatic carbocycles. The summed E-state index contributed by atoms with van der Waals surface area (Å²) in [6.45, 7) is 0. The highest BCUT2D eigenvalue weighted by Gasteiger charge is 2.06. The average Bonchev–Trinajstić information content (AvgIpc) is 2.14. The maximum atomic E-state index is 8.99. The molecule has 0 aliphatic heterocycles. The smallest absolute Gasteiger partial charge is 0.101 e. The van der Waals surface area contributed by atoms with E-state index >= 15 is 0 Å². The standard InChI is InChI=1S/C11H10Cl2N2/c1-15(2)7-8(6-14)10-4-3-9(12)5-11(10)13/h3-5,7H,1-2H3. The Hall–Kier alpha value is -1.17. The number of allylic oxidation sites excluding steroid dienone is 1. The van der Waals surface area contributed by atoms with Crippen LogP contribution in [0.5, 0.6) is 0 Å². The molecule has 0 spiro atoms. The highest BCUT2D eigenvalue weighted by Crippen LogP contribution is 2.26. The van der Waals surface area contributed by atoms with Crippen LogP contribution < -0.4 is 0 Å². The van der Waals surface area contributed by atoms with E-state index in [9.17, 15) is 0 Å². The molecule has 0 saturated heterocycles. The molecule has 0 radical (unpaired) electrons. The van der Waals surface area contributed by atoms with Crippen LogP contribution in [0, 0.1) is 11.3 Å². The molecule has 0 N–H and O–H groups in total. The van der Waals surface area contributed by atoms with Crippen LogP contribution in [0.1, 0.15) is 5.56 Å². The van der Waals surface area contributed by atoms with Crippen molar-refractivity contribution in [3.8, 4) is 6.07 Å². The van der Waals surface area contributed by atoms with Crippen molar-refractivity contribution in [3.63, 3.8) is 0 Å². The van der Waals surface area contributed by atoms with Crippen molar-refractivity contribution in [1.82, 2.24) is 4.90 Å². The third-order valence-electron chi connectivity index (χ3n) is 1.73. The molecule has 0 unspecified atom stereocenters. The summed E-state index contributed by atoms with van der Waals surface area (Å²) < 4.78 is 0. The molecule has 0 fully saturated rings. The van der Waals surface area contributed by atoms with E-state index in [1.807, 2.05) is 14.1 Å². The Labute approximate surface area is 99.3 Å². The van der Waals surface area contributed by atoms with Crippen LogP contribution in [0.2, 0.25) is 10.0 Å². The van der Waals surface area contributed by atoms with Gasteiger partial charge < -0.3 is 4.90 Å². The molecule has 0 saturated carbocycles. The van der Waals surface area contributed by atoms with Crippen molar-refractivity contribution in [2.24, 2.45) is 0 Å². The quantitative estimate of drug-likeness (QED) is 0.742. The summed E-state index contributed by atoms with van der Waals surface area (Å²) >= 11 is 11.8. The summed E-state index contributed by atoms with van der Waals surface area (Å²) in [5.74, 6) is 0. The van der Waals surface area contributed by atoms with Crippen molar-refractivity contribution in [2.75, 3.05) is 14.1 Å². The molecule has 0 heterocycles. The second-order valence-corrected chi connectivity index (χ2v) is 4.09. The minimum absolute atomic E-state index is 0.483.